The fraction of sp³-hybridized carbons (Fsp3) is 0.500. The average molecular weight is 232 g/mol. The summed E-state index contributed by atoms with van der Waals surface area (Å²) in [7, 11) is 0. The highest BCUT2D eigenvalue weighted by atomic mass is 16.2. The fourth-order valence-electron chi connectivity index (χ4n) is 1.81. The number of benzene rings is 1. The molecule has 3 heteroatoms. The molecule has 0 aliphatic heterocycles. The molecule has 1 atom stereocenters. The van der Waals surface area contributed by atoms with Crippen LogP contribution >= 0.6 is 0 Å². The van der Waals surface area contributed by atoms with Gasteiger partial charge in [0.2, 0.25) is 5.91 Å². The standard InChI is InChI=1S/C14H20N2O/c1-11(12-5-3-2-4-6-12)9-15-10-14(17)16-13-7-8-13/h2-6,11,13,15H,7-10H2,1H3,(H,16,17). The second-order valence-electron chi connectivity index (χ2n) is 4.78. The zero-order valence-corrected chi connectivity index (χ0v) is 10.3. The Bertz CT molecular complexity index is 360. The van der Waals surface area contributed by atoms with Crippen LogP contribution in [0.2, 0.25) is 0 Å². The Balaban J connectivity index is 1.65. The molecule has 3 nitrogen and oxygen atoms in total. The molecule has 0 aromatic heterocycles. The first kappa shape index (κ1) is 12.1. The van der Waals surface area contributed by atoms with Crippen LogP contribution in [0.3, 0.4) is 0 Å². The van der Waals surface area contributed by atoms with Crippen molar-refractivity contribution >= 4 is 5.91 Å². The van der Waals surface area contributed by atoms with Gasteiger partial charge in [-0.05, 0) is 24.3 Å². The van der Waals surface area contributed by atoms with Gasteiger partial charge < -0.3 is 10.6 Å². The molecule has 0 saturated heterocycles. The van der Waals surface area contributed by atoms with E-state index in [-0.39, 0.29) is 5.91 Å². The fourth-order valence-corrected chi connectivity index (χ4v) is 1.81. The van der Waals surface area contributed by atoms with E-state index in [1.54, 1.807) is 0 Å². The molecule has 0 heterocycles. The Morgan fingerprint density at radius 2 is 2.06 bits per heavy atom. The van der Waals surface area contributed by atoms with Crippen LogP contribution in [-0.4, -0.2) is 25.0 Å². The highest BCUT2D eigenvalue weighted by molar-refractivity contribution is 5.78. The smallest absolute Gasteiger partial charge is 0.234 e. The van der Waals surface area contributed by atoms with Gasteiger partial charge in [0.15, 0.2) is 0 Å². The first-order valence-electron chi connectivity index (χ1n) is 6.30. The van der Waals surface area contributed by atoms with Crippen LogP contribution in [0.4, 0.5) is 0 Å². The predicted octanol–water partition coefficient (Wildman–Crippen LogP) is 1.66. The van der Waals surface area contributed by atoms with Gasteiger partial charge in [0, 0.05) is 12.6 Å². The third-order valence-electron chi connectivity index (χ3n) is 3.05. The number of nitrogens with one attached hydrogen (secondary N) is 2. The lowest BCUT2D eigenvalue weighted by Gasteiger charge is -2.12. The summed E-state index contributed by atoms with van der Waals surface area (Å²) in [5, 5.41) is 6.17. The van der Waals surface area contributed by atoms with Gasteiger partial charge in [0.1, 0.15) is 0 Å². The Morgan fingerprint density at radius 3 is 2.71 bits per heavy atom. The van der Waals surface area contributed by atoms with E-state index in [1.807, 2.05) is 18.2 Å². The minimum atomic E-state index is 0.118. The molecule has 0 bridgehead atoms. The average Bonchev–Trinajstić information content (AvgIpc) is 3.14. The molecular formula is C14H20N2O. The lowest BCUT2D eigenvalue weighted by Crippen LogP contribution is -2.36. The summed E-state index contributed by atoms with van der Waals surface area (Å²) in [6.45, 7) is 3.43. The topological polar surface area (TPSA) is 41.1 Å². The normalized spacial score (nSPS) is 16.5. The van der Waals surface area contributed by atoms with Gasteiger partial charge >= 0.3 is 0 Å². The van der Waals surface area contributed by atoms with Crippen LogP contribution in [0.5, 0.6) is 0 Å². The molecule has 1 aromatic carbocycles. The minimum Gasteiger partial charge on any atom is -0.352 e. The molecule has 1 saturated carbocycles. The van der Waals surface area contributed by atoms with Crippen LogP contribution in [0.25, 0.3) is 0 Å². The highest BCUT2D eigenvalue weighted by Gasteiger charge is 2.22. The first-order valence-corrected chi connectivity index (χ1v) is 6.30. The Morgan fingerprint density at radius 1 is 1.35 bits per heavy atom. The molecule has 0 radical (unpaired) electrons. The minimum absolute atomic E-state index is 0.118. The summed E-state index contributed by atoms with van der Waals surface area (Å²) >= 11 is 0. The lowest BCUT2D eigenvalue weighted by atomic mass is 10.0. The molecule has 1 aliphatic rings. The third kappa shape index (κ3) is 4.19. The monoisotopic (exact) mass is 232 g/mol. The molecule has 1 amide bonds. The molecule has 1 unspecified atom stereocenters. The van der Waals surface area contributed by atoms with Crippen molar-refractivity contribution in [3.05, 3.63) is 35.9 Å². The maximum atomic E-state index is 11.4. The van der Waals surface area contributed by atoms with Crippen molar-refractivity contribution in [2.45, 2.75) is 31.7 Å². The van der Waals surface area contributed by atoms with Crippen LogP contribution in [0.1, 0.15) is 31.2 Å². The quantitative estimate of drug-likeness (QED) is 0.783. The molecule has 1 aromatic rings. The largest absolute Gasteiger partial charge is 0.352 e. The number of rotatable bonds is 6. The maximum absolute atomic E-state index is 11.4. The molecule has 17 heavy (non-hydrogen) atoms. The Labute approximate surface area is 103 Å². The summed E-state index contributed by atoms with van der Waals surface area (Å²) in [6.07, 6.45) is 2.29. The van der Waals surface area contributed by atoms with Crippen molar-refractivity contribution in [2.24, 2.45) is 0 Å². The SMILES string of the molecule is CC(CNCC(=O)NC1CC1)c1ccccc1. The summed E-state index contributed by atoms with van der Waals surface area (Å²) < 4.78 is 0. The molecule has 0 spiro atoms. The van der Waals surface area contributed by atoms with E-state index in [0.717, 1.165) is 19.4 Å². The molecular weight excluding hydrogens is 212 g/mol. The van der Waals surface area contributed by atoms with Gasteiger partial charge in [-0.2, -0.15) is 0 Å². The zero-order valence-electron chi connectivity index (χ0n) is 10.3. The third-order valence-corrected chi connectivity index (χ3v) is 3.05. The van der Waals surface area contributed by atoms with Crippen molar-refractivity contribution in [3.8, 4) is 0 Å². The Hall–Kier alpha value is -1.35. The second-order valence-corrected chi connectivity index (χ2v) is 4.78. The van der Waals surface area contributed by atoms with Gasteiger partial charge in [-0.1, -0.05) is 37.3 Å². The number of amides is 1. The van der Waals surface area contributed by atoms with Gasteiger partial charge in [0.25, 0.3) is 0 Å². The van der Waals surface area contributed by atoms with E-state index >= 15 is 0 Å². The van der Waals surface area contributed by atoms with Crippen LogP contribution in [-0.2, 0) is 4.79 Å². The predicted molar refractivity (Wildman–Crippen MR) is 68.9 cm³/mol. The second kappa shape index (κ2) is 5.82. The number of hydrogen-bond acceptors (Lipinski definition) is 2. The number of carbonyl (C=O) groups excluding carboxylic acids is 1. The van der Waals surface area contributed by atoms with Crippen molar-refractivity contribution < 1.29 is 4.79 Å². The summed E-state index contributed by atoms with van der Waals surface area (Å²) in [4.78, 5) is 11.4. The van der Waals surface area contributed by atoms with E-state index in [0.29, 0.717) is 18.5 Å². The van der Waals surface area contributed by atoms with E-state index in [9.17, 15) is 4.79 Å². The van der Waals surface area contributed by atoms with E-state index in [1.165, 1.54) is 5.56 Å². The Kier molecular flexibility index (Phi) is 4.15. The van der Waals surface area contributed by atoms with Crippen molar-refractivity contribution in [1.82, 2.24) is 10.6 Å². The van der Waals surface area contributed by atoms with E-state index in [2.05, 4.69) is 29.7 Å². The van der Waals surface area contributed by atoms with Gasteiger partial charge in [-0.3, -0.25) is 4.79 Å². The van der Waals surface area contributed by atoms with Gasteiger partial charge in [-0.15, -0.1) is 0 Å². The van der Waals surface area contributed by atoms with E-state index < -0.39 is 0 Å². The summed E-state index contributed by atoms with van der Waals surface area (Å²) in [5.41, 5.74) is 1.31. The lowest BCUT2D eigenvalue weighted by molar-refractivity contribution is -0.120. The first-order chi connectivity index (χ1) is 8.25. The number of carbonyl (C=O) groups is 1. The van der Waals surface area contributed by atoms with Crippen LogP contribution < -0.4 is 10.6 Å². The van der Waals surface area contributed by atoms with Crippen molar-refractivity contribution in [3.63, 3.8) is 0 Å². The maximum Gasteiger partial charge on any atom is 0.234 e. The molecule has 92 valence electrons. The van der Waals surface area contributed by atoms with E-state index in [4.69, 9.17) is 0 Å². The molecule has 1 fully saturated rings. The van der Waals surface area contributed by atoms with Crippen molar-refractivity contribution in [1.29, 1.82) is 0 Å². The van der Waals surface area contributed by atoms with Crippen molar-refractivity contribution in [2.75, 3.05) is 13.1 Å². The summed E-state index contributed by atoms with van der Waals surface area (Å²) in [5.74, 6) is 0.553. The molecule has 2 rings (SSSR count). The van der Waals surface area contributed by atoms with Gasteiger partial charge in [0.05, 0.1) is 6.54 Å². The zero-order chi connectivity index (χ0) is 12.1. The molecule has 2 N–H and O–H groups in total. The summed E-state index contributed by atoms with van der Waals surface area (Å²) in [6, 6.07) is 10.8. The highest BCUT2D eigenvalue weighted by Crippen LogP contribution is 2.18. The van der Waals surface area contributed by atoms with Crippen LogP contribution in [0, 0.1) is 0 Å². The number of hydrogen-bond donors (Lipinski definition) is 2. The van der Waals surface area contributed by atoms with Gasteiger partial charge in [-0.25, -0.2) is 0 Å². The molecule has 1 aliphatic carbocycles. The van der Waals surface area contributed by atoms with Crippen LogP contribution in [0.15, 0.2) is 30.3 Å².